The summed E-state index contributed by atoms with van der Waals surface area (Å²) in [5.74, 6) is -0.870. The molecular formula is C3H5O2Y-. The van der Waals surface area contributed by atoms with Crippen molar-refractivity contribution in [1.29, 1.82) is 0 Å². The molecule has 0 heterocycles. The molecule has 0 unspecified atom stereocenters. The maximum Gasteiger partial charge on any atom is 0.163 e. The average Bonchev–Trinajstić information content (AvgIpc) is 1.38. The van der Waals surface area contributed by atoms with Crippen LogP contribution in [-0.2, 0) is 37.5 Å². The van der Waals surface area contributed by atoms with Crippen molar-refractivity contribution >= 4 is 5.97 Å². The molecule has 33 valence electrons. The summed E-state index contributed by atoms with van der Waals surface area (Å²) in [6.07, 6.45) is 1.08. The van der Waals surface area contributed by atoms with E-state index >= 15 is 0 Å². The van der Waals surface area contributed by atoms with Crippen molar-refractivity contribution in [2.24, 2.45) is 0 Å². The molecule has 1 radical (unpaired) electrons. The molecule has 0 fully saturated rings. The van der Waals surface area contributed by atoms with Crippen LogP contribution >= 0.6 is 0 Å². The molecule has 0 bridgehead atoms. The van der Waals surface area contributed by atoms with Gasteiger partial charge in [0.25, 0.3) is 0 Å². The summed E-state index contributed by atoms with van der Waals surface area (Å²) in [5, 5.41) is 7.67. The van der Waals surface area contributed by atoms with Crippen LogP contribution in [0.3, 0.4) is 0 Å². The first kappa shape index (κ1) is 9.67. The molecule has 0 aromatic heterocycles. The van der Waals surface area contributed by atoms with Crippen LogP contribution in [0.4, 0.5) is 0 Å². The quantitative estimate of drug-likeness (QED) is 0.562. The summed E-state index contributed by atoms with van der Waals surface area (Å²) < 4.78 is 0. The standard InChI is InChI=1S/C3H5O2.Y/c1-2-3(4)5;/h2H,1H3,(H,4,5);/q-1;. The second-order valence-corrected chi connectivity index (χ2v) is 0.627. The minimum Gasteiger partial charge on any atom is -0.503 e. The Kier molecular flexibility index (Phi) is 8.77. The van der Waals surface area contributed by atoms with Crippen molar-refractivity contribution in [3.05, 3.63) is 6.42 Å². The van der Waals surface area contributed by atoms with Gasteiger partial charge in [-0.3, -0.25) is 11.2 Å². The number of carboxylic acids is 1. The van der Waals surface area contributed by atoms with Gasteiger partial charge in [0, 0.05) is 32.7 Å². The van der Waals surface area contributed by atoms with E-state index in [0.29, 0.717) is 0 Å². The first-order chi connectivity index (χ1) is 2.27. The van der Waals surface area contributed by atoms with Crippen LogP contribution in [0.1, 0.15) is 6.92 Å². The van der Waals surface area contributed by atoms with E-state index in [1.165, 1.54) is 6.92 Å². The third kappa shape index (κ3) is 8.82. The van der Waals surface area contributed by atoms with Gasteiger partial charge in [0.05, 0.1) is 0 Å². The van der Waals surface area contributed by atoms with E-state index in [-0.39, 0.29) is 32.7 Å². The number of carboxylic acid groups (broad SMARTS) is 1. The van der Waals surface area contributed by atoms with E-state index in [4.69, 9.17) is 5.11 Å². The zero-order valence-corrected chi connectivity index (χ0v) is 6.35. The van der Waals surface area contributed by atoms with Gasteiger partial charge in [-0.1, -0.05) is 0 Å². The molecule has 0 saturated heterocycles. The van der Waals surface area contributed by atoms with Crippen LogP contribution in [0.15, 0.2) is 0 Å². The monoisotopic (exact) mass is 162 g/mol. The number of carbonyl (C=O) groups is 1. The Bertz CT molecular complexity index is 44.1. The summed E-state index contributed by atoms with van der Waals surface area (Å²) in [4.78, 5) is 9.31. The second kappa shape index (κ2) is 5.44. The topological polar surface area (TPSA) is 37.3 Å². The van der Waals surface area contributed by atoms with Gasteiger partial charge < -0.3 is 5.11 Å². The third-order valence-electron chi connectivity index (χ3n) is 0.247. The summed E-state index contributed by atoms with van der Waals surface area (Å²) >= 11 is 0. The fraction of sp³-hybridized carbons (Fsp3) is 0.333. The van der Waals surface area contributed by atoms with Crippen molar-refractivity contribution in [3.63, 3.8) is 0 Å². The van der Waals surface area contributed by atoms with Crippen LogP contribution in [-0.4, -0.2) is 11.1 Å². The third-order valence-corrected chi connectivity index (χ3v) is 0.247. The normalized spacial score (nSPS) is 5.50. The van der Waals surface area contributed by atoms with Crippen molar-refractivity contribution in [1.82, 2.24) is 0 Å². The van der Waals surface area contributed by atoms with Crippen molar-refractivity contribution in [3.8, 4) is 0 Å². The van der Waals surface area contributed by atoms with Gasteiger partial charge in [-0.15, -0.1) is 0 Å². The average molecular weight is 162 g/mol. The Morgan fingerprint density at radius 1 is 1.83 bits per heavy atom. The van der Waals surface area contributed by atoms with Crippen molar-refractivity contribution in [2.45, 2.75) is 6.92 Å². The Labute approximate surface area is 61.8 Å². The van der Waals surface area contributed by atoms with Crippen LogP contribution in [0, 0.1) is 6.42 Å². The largest absolute Gasteiger partial charge is 0.503 e. The first-order valence-electron chi connectivity index (χ1n) is 1.29. The zero-order chi connectivity index (χ0) is 4.28. The van der Waals surface area contributed by atoms with Gasteiger partial charge in [-0.05, 0) is 0 Å². The predicted octanol–water partition coefficient (Wildman–Crippen LogP) is 0.293. The summed E-state index contributed by atoms with van der Waals surface area (Å²) in [5.41, 5.74) is 0. The molecule has 6 heavy (non-hydrogen) atoms. The number of hydrogen-bond acceptors (Lipinski definition) is 1. The molecule has 0 aliphatic heterocycles. The Morgan fingerprint density at radius 2 is 2.00 bits per heavy atom. The van der Waals surface area contributed by atoms with Crippen LogP contribution in [0.5, 0.6) is 0 Å². The van der Waals surface area contributed by atoms with E-state index < -0.39 is 5.97 Å². The van der Waals surface area contributed by atoms with Crippen LogP contribution < -0.4 is 0 Å². The van der Waals surface area contributed by atoms with Crippen molar-refractivity contribution < 1.29 is 42.6 Å². The number of hydrogen-bond donors (Lipinski definition) is 1. The van der Waals surface area contributed by atoms with Gasteiger partial charge in [0.1, 0.15) is 0 Å². The molecule has 0 atom stereocenters. The molecule has 0 aromatic rings. The molecule has 0 aliphatic carbocycles. The van der Waals surface area contributed by atoms with E-state index in [1.807, 2.05) is 0 Å². The molecule has 0 amide bonds. The minimum absolute atomic E-state index is 0. The molecule has 0 rings (SSSR count). The molecule has 0 aliphatic rings. The van der Waals surface area contributed by atoms with E-state index in [9.17, 15) is 4.79 Å². The number of rotatable bonds is 1. The molecular weight excluding hydrogens is 157 g/mol. The van der Waals surface area contributed by atoms with Crippen LogP contribution in [0.2, 0.25) is 0 Å². The van der Waals surface area contributed by atoms with Gasteiger partial charge in [-0.25, -0.2) is 0 Å². The molecule has 1 N–H and O–H groups in total. The summed E-state index contributed by atoms with van der Waals surface area (Å²) in [6.45, 7) is 1.47. The van der Waals surface area contributed by atoms with Crippen molar-refractivity contribution in [2.75, 3.05) is 0 Å². The summed E-state index contributed by atoms with van der Waals surface area (Å²) in [6, 6.07) is 0. The Balaban J connectivity index is 0. The SMILES string of the molecule is C[CH-]C(=O)O.[Y]. The van der Waals surface area contributed by atoms with Gasteiger partial charge in [0.2, 0.25) is 0 Å². The zero-order valence-electron chi connectivity index (χ0n) is 3.51. The molecule has 3 heteroatoms. The fourth-order valence-corrected chi connectivity index (χ4v) is 0. The Hall–Kier alpha value is 0.444. The predicted molar refractivity (Wildman–Crippen MR) is 17.6 cm³/mol. The molecule has 2 nitrogen and oxygen atoms in total. The first-order valence-corrected chi connectivity index (χ1v) is 1.29. The minimum atomic E-state index is -0.870. The maximum absolute atomic E-state index is 9.31. The second-order valence-electron chi connectivity index (χ2n) is 0.627. The van der Waals surface area contributed by atoms with E-state index in [1.54, 1.807) is 0 Å². The van der Waals surface area contributed by atoms with E-state index in [2.05, 4.69) is 0 Å². The van der Waals surface area contributed by atoms with Gasteiger partial charge in [-0.2, -0.15) is 6.92 Å². The molecule has 0 saturated carbocycles. The smallest absolute Gasteiger partial charge is 0.163 e. The van der Waals surface area contributed by atoms with Gasteiger partial charge in [0.15, 0.2) is 5.97 Å². The van der Waals surface area contributed by atoms with E-state index in [0.717, 1.165) is 6.42 Å². The van der Waals surface area contributed by atoms with Gasteiger partial charge >= 0.3 is 0 Å². The van der Waals surface area contributed by atoms with Crippen LogP contribution in [0.25, 0.3) is 0 Å². The summed E-state index contributed by atoms with van der Waals surface area (Å²) in [7, 11) is 0. The molecule has 0 spiro atoms. The maximum atomic E-state index is 9.31. The number of aliphatic carboxylic acids is 1. The fourth-order valence-electron chi connectivity index (χ4n) is 0. The Morgan fingerprint density at radius 3 is 2.00 bits per heavy atom. The molecule has 0 aromatic carbocycles.